The maximum absolute atomic E-state index is 4.23. The zero-order chi connectivity index (χ0) is 12.5. The Morgan fingerprint density at radius 3 is 2.47 bits per heavy atom. The van der Waals surface area contributed by atoms with Crippen molar-refractivity contribution in [3.8, 4) is 0 Å². The lowest BCUT2D eigenvalue weighted by atomic mass is 10.3. The fraction of sp³-hybridized carbons (Fsp3) is 0.923. The summed E-state index contributed by atoms with van der Waals surface area (Å²) in [6.07, 6.45) is 3.93. The fourth-order valence-electron chi connectivity index (χ4n) is 1.83. The summed E-state index contributed by atoms with van der Waals surface area (Å²) in [5.41, 5.74) is 0. The SMILES string of the molecule is CCN(CC)CCCNC(=NC)NCC1CC1. The second kappa shape index (κ2) is 8.34. The first-order valence-corrected chi connectivity index (χ1v) is 6.97. The Kier molecular flexibility index (Phi) is 7.01. The van der Waals surface area contributed by atoms with Crippen molar-refractivity contribution in [2.75, 3.05) is 39.8 Å². The van der Waals surface area contributed by atoms with Crippen LogP contribution in [-0.2, 0) is 0 Å². The van der Waals surface area contributed by atoms with E-state index in [1.165, 1.54) is 25.8 Å². The molecule has 1 rings (SSSR count). The highest BCUT2D eigenvalue weighted by Gasteiger charge is 2.20. The summed E-state index contributed by atoms with van der Waals surface area (Å²) in [5, 5.41) is 6.74. The maximum atomic E-state index is 4.23. The van der Waals surface area contributed by atoms with E-state index in [1.807, 2.05) is 7.05 Å². The number of aliphatic imine (C=N–C) groups is 1. The van der Waals surface area contributed by atoms with Gasteiger partial charge in [0, 0.05) is 20.1 Å². The average Bonchev–Trinajstić information content (AvgIpc) is 3.17. The highest BCUT2D eigenvalue weighted by molar-refractivity contribution is 5.79. The average molecular weight is 240 g/mol. The number of nitrogens with zero attached hydrogens (tertiary/aromatic N) is 2. The van der Waals surface area contributed by atoms with Crippen LogP contribution in [0.1, 0.15) is 33.1 Å². The summed E-state index contributed by atoms with van der Waals surface area (Å²) in [7, 11) is 1.84. The van der Waals surface area contributed by atoms with Gasteiger partial charge in [-0.3, -0.25) is 4.99 Å². The first kappa shape index (κ1) is 14.3. The molecule has 0 aliphatic heterocycles. The van der Waals surface area contributed by atoms with Crippen molar-refractivity contribution in [3.05, 3.63) is 0 Å². The van der Waals surface area contributed by atoms with Crippen LogP contribution in [0.4, 0.5) is 0 Å². The molecule has 0 atom stereocenters. The fourth-order valence-corrected chi connectivity index (χ4v) is 1.83. The molecule has 0 heterocycles. The van der Waals surface area contributed by atoms with Crippen LogP contribution in [-0.4, -0.2) is 50.6 Å². The van der Waals surface area contributed by atoms with Gasteiger partial charge in [0.2, 0.25) is 0 Å². The molecule has 0 aromatic carbocycles. The van der Waals surface area contributed by atoms with Crippen LogP contribution >= 0.6 is 0 Å². The normalized spacial score (nSPS) is 16.4. The Morgan fingerprint density at radius 1 is 1.24 bits per heavy atom. The molecule has 1 aliphatic rings. The van der Waals surface area contributed by atoms with Crippen LogP contribution in [0.25, 0.3) is 0 Å². The Bertz CT molecular complexity index is 219. The Balaban J connectivity index is 2.02. The van der Waals surface area contributed by atoms with E-state index in [1.54, 1.807) is 0 Å². The number of nitrogens with one attached hydrogen (secondary N) is 2. The minimum absolute atomic E-state index is 0.893. The van der Waals surface area contributed by atoms with E-state index < -0.39 is 0 Å². The van der Waals surface area contributed by atoms with Gasteiger partial charge in [0.1, 0.15) is 0 Å². The molecule has 4 heteroatoms. The standard InChI is InChI=1S/C13H28N4/c1-4-17(5-2)10-6-9-15-13(14-3)16-11-12-7-8-12/h12H,4-11H2,1-3H3,(H2,14,15,16). The molecule has 100 valence electrons. The molecule has 17 heavy (non-hydrogen) atoms. The van der Waals surface area contributed by atoms with Crippen LogP contribution < -0.4 is 10.6 Å². The van der Waals surface area contributed by atoms with Crippen LogP contribution in [0.5, 0.6) is 0 Å². The molecule has 0 aromatic rings. The minimum atomic E-state index is 0.893. The predicted molar refractivity (Wildman–Crippen MR) is 74.5 cm³/mol. The van der Waals surface area contributed by atoms with Gasteiger partial charge in [0.25, 0.3) is 0 Å². The van der Waals surface area contributed by atoms with Crippen LogP contribution in [0.15, 0.2) is 4.99 Å². The van der Waals surface area contributed by atoms with E-state index in [4.69, 9.17) is 0 Å². The van der Waals surface area contributed by atoms with Crippen molar-refractivity contribution in [2.24, 2.45) is 10.9 Å². The summed E-state index contributed by atoms with van der Waals surface area (Å²) in [6, 6.07) is 0. The lowest BCUT2D eigenvalue weighted by Crippen LogP contribution is -2.39. The third-order valence-corrected chi connectivity index (χ3v) is 3.32. The number of guanidine groups is 1. The van der Waals surface area contributed by atoms with Crippen molar-refractivity contribution in [1.29, 1.82) is 0 Å². The first-order chi connectivity index (χ1) is 8.30. The van der Waals surface area contributed by atoms with Crippen molar-refractivity contribution in [3.63, 3.8) is 0 Å². The number of hydrogen-bond donors (Lipinski definition) is 2. The highest BCUT2D eigenvalue weighted by atomic mass is 15.2. The zero-order valence-electron chi connectivity index (χ0n) is 11.6. The lowest BCUT2D eigenvalue weighted by Gasteiger charge is -2.18. The molecule has 1 fully saturated rings. The largest absolute Gasteiger partial charge is 0.356 e. The lowest BCUT2D eigenvalue weighted by molar-refractivity contribution is 0.300. The summed E-state index contributed by atoms with van der Waals surface area (Å²) >= 11 is 0. The predicted octanol–water partition coefficient (Wildman–Crippen LogP) is 1.29. The van der Waals surface area contributed by atoms with Crippen LogP contribution in [0, 0.1) is 5.92 Å². The molecule has 0 bridgehead atoms. The van der Waals surface area contributed by atoms with Crippen molar-refractivity contribution in [1.82, 2.24) is 15.5 Å². The Labute approximate surface area is 106 Å². The topological polar surface area (TPSA) is 39.7 Å². The molecule has 0 saturated heterocycles. The third-order valence-electron chi connectivity index (χ3n) is 3.32. The van der Waals surface area contributed by atoms with Gasteiger partial charge in [-0.05, 0) is 44.8 Å². The van der Waals surface area contributed by atoms with E-state index in [-0.39, 0.29) is 0 Å². The Morgan fingerprint density at radius 2 is 1.94 bits per heavy atom. The zero-order valence-corrected chi connectivity index (χ0v) is 11.6. The minimum Gasteiger partial charge on any atom is -0.356 e. The second-order valence-corrected chi connectivity index (χ2v) is 4.70. The molecular weight excluding hydrogens is 212 g/mol. The quantitative estimate of drug-likeness (QED) is 0.381. The molecule has 0 radical (unpaired) electrons. The molecule has 0 amide bonds. The summed E-state index contributed by atoms with van der Waals surface area (Å²) in [4.78, 5) is 6.67. The van der Waals surface area contributed by atoms with E-state index >= 15 is 0 Å². The highest BCUT2D eigenvalue weighted by Crippen LogP contribution is 2.27. The number of hydrogen-bond acceptors (Lipinski definition) is 2. The van der Waals surface area contributed by atoms with Gasteiger partial charge in [-0.25, -0.2) is 0 Å². The van der Waals surface area contributed by atoms with Crippen LogP contribution in [0.2, 0.25) is 0 Å². The van der Waals surface area contributed by atoms with Gasteiger partial charge in [-0.2, -0.15) is 0 Å². The molecule has 2 N–H and O–H groups in total. The van der Waals surface area contributed by atoms with E-state index in [0.717, 1.165) is 38.1 Å². The second-order valence-electron chi connectivity index (χ2n) is 4.70. The van der Waals surface area contributed by atoms with Crippen molar-refractivity contribution >= 4 is 5.96 Å². The van der Waals surface area contributed by atoms with Gasteiger partial charge in [-0.1, -0.05) is 13.8 Å². The Hall–Kier alpha value is -0.770. The molecule has 0 aromatic heterocycles. The van der Waals surface area contributed by atoms with Gasteiger partial charge in [0.05, 0.1) is 0 Å². The monoisotopic (exact) mass is 240 g/mol. The maximum Gasteiger partial charge on any atom is 0.190 e. The molecule has 1 aliphatic carbocycles. The van der Waals surface area contributed by atoms with E-state index in [0.29, 0.717) is 0 Å². The van der Waals surface area contributed by atoms with Gasteiger partial charge in [-0.15, -0.1) is 0 Å². The molecule has 0 spiro atoms. The molecule has 0 unspecified atom stereocenters. The first-order valence-electron chi connectivity index (χ1n) is 6.97. The molecule has 4 nitrogen and oxygen atoms in total. The molecular formula is C13H28N4. The molecule has 1 saturated carbocycles. The third kappa shape index (κ3) is 6.51. The van der Waals surface area contributed by atoms with E-state index in [9.17, 15) is 0 Å². The van der Waals surface area contributed by atoms with E-state index in [2.05, 4.69) is 34.4 Å². The van der Waals surface area contributed by atoms with Crippen molar-refractivity contribution in [2.45, 2.75) is 33.1 Å². The summed E-state index contributed by atoms with van der Waals surface area (Å²) < 4.78 is 0. The van der Waals surface area contributed by atoms with Gasteiger partial charge >= 0.3 is 0 Å². The van der Waals surface area contributed by atoms with Crippen LogP contribution in [0.3, 0.4) is 0 Å². The van der Waals surface area contributed by atoms with Gasteiger partial charge in [0.15, 0.2) is 5.96 Å². The summed E-state index contributed by atoms with van der Waals surface area (Å²) in [5.74, 6) is 1.85. The summed E-state index contributed by atoms with van der Waals surface area (Å²) in [6.45, 7) is 9.96. The smallest absolute Gasteiger partial charge is 0.190 e. The van der Waals surface area contributed by atoms with Gasteiger partial charge < -0.3 is 15.5 Å². The van der Waals surface area contributed by atoms with Crippen molar-refractivity contribution < 1.29 is 0 Å². The number of rotatable bonds is 8.